The number of halogens is 1. The van der Waals surface area contributed by atoms with E-state index in [2.05, 4.69) is 10.6 Å². The van der Waals surface area contributed by atoms with Crippen LogP contribution >= 0.6 is 11.6 Å². The van der Waals surface area contributed by atoms with Gasteiger partial charge in [0.2, 0.25) is 11.8 Å². The summed E-state index contributed by atoms with van der Waals surface area (Å²) in [6.07, 6.45) is 1.29. The lowest BCUT2D eigenvalue weighted by Crippen LogP contribution is -2.58. The van der Waals surface area contributed by atoms with Gasteiger partial charge in [0.25, 0.3) is 0 Å². The second-order valence-corrected chi connectivity index (χ2v) is 9.97. The van der Waals surface area contributed by atoms with E-state index in [-0.39, 0.29) is 29.7 Å². The lowest BCUT2D eigenvalue weighted by molar-refractivity contribution is -0.156. The maximum Gasteiger partial charge on any atom is 0.227 e. The highest BCUT2D eigenvalue weighted by atomic mass is 35.5. The molecule has 2 fully saturated rings. The van der Waals surface area contributed by atoms with Crippen molar-refractivity contribution in [2.45, 2.75) is 52.2 Å². The number of amides is 2. The summed E-state index contributed by atoms with van der Waals surface area (Å²) in [5.41, 5.74) is -0.744. The van der Waals surface area contributed by atoms with Crippen molar-refractivity contribution < 1.29 is 14.7 Å². The summed E-state index contributed by atoms with van der Waals surface area (Å²) in [6, 6.07) is 7.05. The molecule has 2 amide bonds. The molecule has 0 aromatic heterocycles. The Balaban J connectivity index is 1.65. The third-order valence-corrected chi connectivity index (χ3v) is 7.28. The van der Waals surface area contributed by atoms with Crippen LogP contribution in [0.15, 0.2) is 24.3 Å². The van der Waals surface area contributed by atoms with Crippen molar-refractivity contribution in [3.8, 4) is 0 Å². The maximum absolute atomic E-state index is 13.2. The van der Waals surface area contributed by atoms with Gasteiger partial charge >= 0.3 is 0 Å². The van der Waals surface area contributed by atoms with Gasteiger partial charge in [0.15, 0.2) is 0 Å². The zero-order valence-electron chi connectivity index (χ0n) is 18.4. The first kappa shape index (κ1) is 23.0. The third kappa shape index (κ3) is 4.51. The quantitative estimate of drug-likeness (QED) is 0.663. The molecule has 30 heavy (non-hydrogen) atoms. The van der Waals surface area contributed by atoms with Gasteiger partial charge in [-0.2, -0.15) is 0 Å². The molecule has 2 aliphatic heterocycles. The Morgan fingerprint density at radius 3 is 2.50 bits per heavy atom. The molecule has 2 heterocycles. The van der Waals surface area contributed by atoms with Crippen LogP contribution in [0.25, 0.3) is 0 Å². The average molecular weight is 436 g/mol. The lowest BCUT2D eigenvalue weighted by atomic mass is 9.66. The van der Waals surface area contributed by atoms with Gasteiger partial charge in [-0.3, -0.25) is 9.59 Å². The zero-order valence-corrected chi connectivity index (χ0v) is 19.1. The fraction of sp³-hybridized carbons (Fsp3) is 0.652. The number of likely N-dealkylation sites (tertiary alicyclic amines) is 1. The largest absolute Gasteiger partial charge is 0.384 e. The standard InChI is InChI=1S/C23H34ClN3O3/c1-15(16(2)26-20(28)17-9-11-25-13-17)21(29)27-12-10-23(30,22(3,4)14-27)18-5-7-19(24)8-6-18/h5-8,15-17,25,30H,9-14H2,1-4H3,(H,26,28)/t15-,16?,17-,23+/m1/s1. The number of nitrogens with zero attached hydrogens (tertiary/aromatic N) is 1. The fourth-order valence-electron chi connectivity index (χ4n) is 4.62. The van der Waals surface area contributed by atoms with Crippen molar-refractivity contribution >= 4 is 23.4 Å². The second-order valence-electron chi connectivity index (χ2n) is 9.54. The van der Waals surface area contributed by atoms with Crippen LogP contribution in [-0.2, 0) is 15.2 Å². The van der Waals surface area contributed by atoms with Crippen molar-refractivity contribution in [1.29, 1.82) is 0 Å². The predicted octanol–water partition coefficient (Wildman–Crippen LogP) is 2.54. The molecule has 1 aromatic rings. The first-order valence-electron chi connectivity index (χ1n) is 10.8. The molecule has 3 N–H and O–H groups in total. The number of hydrogen-bond donors (Lipinski definition) is 3. The van der Waals surface area contributed by atoms with E-state index in [1.54, 1.807) is 12.1 Å². The Morgan fingerprint density at radius 1 is 1.27 bits per heavy atom. The topological polar surface area (TPSA) is 81.7 Å². The van der Waals surface area contributed by atoms with Crippen LogP contribution < -0.4 is 10.6 Å². The van der Waals surface area contributed by atoms with Gasteiger partial charge in [0.05, 0.1) is 17.4 Å². The minimum Gasteiger partial charge on any atom is -0.384 e. The molecule has 7 heteroatoms. The van der Waals surface area contributed by atoms with E-state index in [1.807, 2.05) is 44.7 Å². The molecule has 166 valence electrons. The number of nitrogens with one attached hydrogen (secondary N) is 2. The van der Waals surface area contributed by atoms with Gasteiger partial charge in [-0.25, -0.2) is 0 Å². The smallest absolute Gasteiger partial charge is 0.227 e. The highest BCUT2D eigenvalue weighted by Crippen LogP contribution is 2.46. The molecule has 6 nitrogen and oxygen atoms in total. The molecular weight excluding hydrogens is 402 g/mol. The van der Waals surface area contributed by atoms with E-state index in [0.29, 0.717) is 31.1 Å². The summed E-state index contributed by atoms with van der Waals surface area (Å²) in [7, 11) is 0. The Labute approximate surface area is 184 Å². The van der Waals surface area contributed by atoms with Crippen LogP contribution in [0, 0.1) is 17.3 Å². The van der Waals surface area contributed by atoms with Gasteiger partial charge in [0.1, 0.15) is 0 Å². The number of carbonyl (C=O) groups is 2. The summed E-state index contributed by atoms with van der Waals surface area (Å²) in [6.45, 7) is 10.2. The van der Waals surface area contributed by atoms with E-state index in [1.165, 1.54) is 0 Å². The lowest BCUT2D eigenvalue weighted by Gasteiger charge is -2.51. The van der Waals surface area contributed by atoms with Crippen LogP contribution in [-0.4, -0.2) is 54.0 Å². The second kappa shape index (κ2) is 8.85. The van der Waals surface area contributed by atoms with Crippen molar-refractivity contribution in [3.63, 3.8) is 0 Å². The number of hydrogen-bond acceptors (Lipinski definition) is 4. The predicted molar refractivity (Wildman–Crippen MR) is 118 cm³/mol. The van der Waals surface area contributed by atoms with Crippen molar-refractivity contribution in [2.24, 2.45) is 17.3 Å². The zero-order chi connectivity index (χ0) is 22.1. The highest BCUT2D eigenvalue weighted by Gasteiger charge is 2.50. The molecule has 4 atom stereocenters. The van der Waals surface area contributed by atoms with Gasteiger partial charge in [-0.05, 0) is 44.0 Å². The summed E-state index contributed by atoms with van der Waals surface area (Å²) >= 11 is 6.01. The number of aliphatic hydroxyl groups is 1. The molecule has 0 saturated carbocycles. The minimum atomic E-state index is -1.03. The molecule has 1 unspecified atom stereocenters. The van der Waals surface area contributed by atoms with Gasteiger partial charge in [0, 0.05) is 36.1 Å². The van der Waals surface area contributed by atoms with Crippen LogP contribution in [0.4, 0.5) is 0 Å². The van der Waals surface area contributed by atoms with E-state index >= 15 is 0 Å². The van der Waals surface area contributed by atoms with E-state index < -0.39 is 11.0 Å². The van der Waals surface area contributed by atoms with Crippen LogP contribution in [0.3, 0.4) is 0 Å². The van der Waals surface area contributed by atoms with E-state index in [0.717, 1.165) is 18.5 Å². The maximum atomic E-state index is 13.2. The number of rotatable bonds is 5. The fourth-order valence-corrected chi connectivity index (χ4v) is 4.74. The first-order chi connectivity index (χ1) is 14.0. The molecule has 0 bridgehead atoms. The van der Waals surface area contributed by atoms with E-state index in [9.17, 15) is 14.7 Å². The third-order valence-electron chi connectivity index (χ3n) is 7.02. The highest BCUT2D eigenvalue weighted by molar-refractivity contribution is 6.30. The molecule has 2 aliphatic rings. The Hall–Kier alpha value is -1.63. The van der Waals surface area contributed by atoms with Gasteiger partial charge in [-0.15, -0.1) is 0 Å². The molecule has 0 aliphatic carbocycles. The molecule has 2 saturated heterocycles. The summed E-state index contributed by atoms with van der Waals surface area (Å²) in [4.78, 5) is 27.4. The van der Waals surface area contributed by atoms with Crippen molar-refractivity contribution in [3.05, 3.63) is 34.9 Å². The number of carbonyl (C=O) groups excluding carboxylic acids is 2. The summed E-state index contributed by atoms with van der Waals surface area (Å²) in [5, 5.41) is 18.4. The number of benzene rings is 1. The molecule has 0 spiro atoms. The van der Waals surface area contributed by atoms with Crippen molar-refractivity contribution in [1.82, 2.24) is 15.5 Å². The van der Waals surface area contributed by atoms with Gasteiger partial charge < -0.3 is 20.6 Å². The van der Waals surface area contributed by atoms with Crippen LogP contribution in [0.2, 0.25) is 5.02 Å². The van der Waals surface area contributed by atoms with Crippen molar-refractivity contribution in [2.75, 3.05) is 26.2 Å². The molecule has 3 rings (SSSR count). The summed E-state index contributed by atoms with van der Waals surface area (Å²) in [5.74, 6) is -0.319. The van der Waals surface area contributed by atoms with Crippen LogP contribution in [0.1, 0.15) is 46.1 Å². The minimum absolute atomic E-state index is 0.0126. The monoisotopic (exact) mass is 435 g/mol. The molecule has 1 aromatic carbocycles. The Morgan fingerprint density at radius 2 is 1.93 bits per heavy atom. The van der Waals surface area contributed by atoms with Gasteiger partial charge in [-0.1, -0.05) is 44.5 Å². The SMILES string of the molecule is CC(NC(=O)[C@@H]1CCNC1)[C@@H](C)C(=O)N1CC[C@](O)(c2ccc(Cl)cc2)C(C)(C)C1. The average Bonchev–Trinajstić information content (AvgIpc) is 3.24. The Bertz CT molecular complexity index is 776. The normalized spacial score (nSPS) is 28.1. The van der Waals surface area contributed by atoms with E-state index in [4.69, 9.17) is 11.6 Å². The molecular formula is C23H34ClN3O3. The number of piperidine rings is 1. The van der Waals surface area contributed by atoms with Crippen LogP contribution in [0.5, 0.6) is 0 Å². The first-order valence-corrected chi connectivity index (χ1v) is 11.2. The Kier molecular flexibility index (Phi) is 6.80. The summed E-state index contributed by atoms with van der Waals surface area (Å²) < 4.78 is 0. The molecule has 0 radical (unpaired) electrons.